The van der Waals surface area contributed by atoms with Crippen molar-refractivity contribution in [2.75, 3.05) is 6.54 Å². The van der Waals surface area contributed by atoms with Gasteiger partial charge >= 0.3 is 0 Å². The number of imidazole rings is 1. The average molecular weight is 283 g/mol. The van der Waals surface area contributed by atoms with Gasteiger partial charge in [0.05, 0.1) is 11.0 Å². The van der Waals surface area contributed by atoms with E-state index in [-0.39, 0.29) is 11.8 Å². The van der Waals surface area contributed by atoms with Crippen molar-refractivity contribution in [3.05, 3.63) is 42.2 Å². The van der Waals surface area contributed by atoms with Crippen LogP contribution in [0.2, 0.25) is 0 Å². The highest BCUT2D eigenvalue weighted by Gasteiger charge is 2.18. The summed E-state index contributed by atoms with van der Waals surface area (Å²) >= 11 is 0. The first-order valence-electron chi connectivity index (χ1n) is 7.60. The van der Waals surface area contributed by atoms with E-state index in [0.29, 0.717) is 6.54 Å². The van der Waals surface area contributed by atoms with E-state index in [1.54, 1.807) is 0 Å². The summed E-state index contributed by atoms with van der Waals surface area (Å²) in [5.74, 6) is 1.32. The molecule has 0 saturated carbocycles. The Morgan fingerprint density at radius 1 is 1.38 bits per heavy atom. The zero-order chi connectivity index (χ0) is 14.7. The number of para-hydroxylation sites is 2. The molecule has 21 heavy (non-hydrogen) atoms. The quantitative estimate of drug-likeness (QED) is 0.877. The van der Waals surface area contributed by atoms with Gasteiger partial charge in [-0.25, -0.2) is 4.98 Å². The molecule has 1 unspecified atom stereocenters. The number of aryl methyl sites for hydroxylation is 1. The molecule has 0 saturated heterocycles. The van der Waals surface area contributed by atoms with Crippen molar-refractivity contribution >= 4 is 16.9 Å². The Morgan fingerprint density at radius 3 is 3.05 bits per heavy atom. The molecule has 0 radical (unpaired) electrons. The minimum Gasteiger partial charge on any atom is -0.354 e. The maximum absolute atomic E-state index is 12.1. The number of carbonyl (C=O) groups is 1. The average Bonchev–Trinajstić information content (AvgIpc) is 2.84. The molecule has 0 fully saturated rings. The molecule has 1 N–H and O–H groups in total. The third kappa shape index (κ3) is 2.99. The summed E-state index contributed by atoms with van der Waals surface area (Å²) in [5.41, 5.74) is 2.14. The maximum atomic E-state index is 12.1. The lowest BCUT2D eigenvalue weighted by molar-refractivity contribution is -0.125. The van der Waals surface area contributed by atoms with E-state index < -0.39 is 0 Å². The molecule has 1 heterocycles. The van der Waals surface area contributed by atoms with Gasteiger partial charge < -0.3 is 9.88 Å². The standard InChI is InChI=1S/C17H21N3O/c1-13-19-15-9-5-6-10-16(15)20(13)12-11-18-17(21)14-7-3-2-4-8-14/h2-3,5-6,9-10,14H,4,7-8,11-12H2,1H3,(H,18,21). The van der Waals surface area contributed by atoms with Crippen LogP contribution in [-0.4, -0.2) is 22.0 Å². The Balaban J connectivity index is 1.60. The second-order valence-corrected chi connectivity index (χ2v) is 5.57. The van der Waals surface area contributed by atoms with Crippen LogP contribution in [0.1, 0.15) is 25.1 Å². The van der Waals surface area contributed by atoms with E-state index in [9.17, 15) is 4.79 Å². The Hall–Kier alpha value is -2.10. The van der Waals surface area contributed by atoms with Crippen molar-refractivity contribution in [1.82, 2.24) is 14.9 Å². The number of aromatic nitrogens is 2. The van der Waals surface area contributed by atoms with Gasteiger partial charge in [0.1, 0.15) is 5.82 Å². The highest BCUT2D eigenvalue weighted by Crippen LogP contribution is 2.18. The fraction of sp³-hybridized carbons (Fsp3) is 0.412. The zero-order valence-electron chi connectivity index (χ0n) is 12.4. The van der Waals surface area contributed by atoms with Gasteiger partial charge in [-0.1, -0.05) is 24.3 Å². The summed E-state index contributed by atoms with van der Waals surface area (Å²) in [4.78, 5) is 16.6. The molecule has 4 heteroatoms. The highest BCUT2D eigenvalue weighted by atomic mass is 16.1. The molecule has 4 nitrogen and oxygen atoms in total. The first kappa shape index (κ1) is 13.9. The van der Waals surface area contributed by atoms with Crippen LogP contribution in [0.15, 0.2) is 36.4 Å². The van der Waals surface area contributed by atoms with E-state index in [1.165, 1.54) is 0 Å². The summed E-state index contributed by atoms with van der Waals surface area (Å²) < 4.78 is 2.16. The Kier molecular flexibility index (Phi) is 4.04. The second-order valence-electron chi connectivity index (χ2n) is 5.57. The van der Waals surface area contributed by atoms with Crippen LogP contribution < -0.4 is 5.32 Å². The topological polar surface area (TPSA) is 46.9 Å². The molecular weight excluding hydrogens is 262 g/mol. The fourth-order valence-corrected chi connectivity index (χ4v) is 2.95. The smallest absolute Gasteiger partial charge is 0.223 e. The van der Waals surface area contributed by atoms with Crippen LogP contribution in [0.25, 0.3) is 11.0 Å². The summed E-state index contributed by atoms with van der Waals surface area (Å²) in [7, 11) is 0. The molecular formula is C17H21N3O. The molecule has 110 valence electrons. The van der Waals surface area contributed by atoms with Crippen LogP contribution in [-0.2, 0) is 11.3 Å². The van der Waals surface area contributed by atoms with Gasteiger partial charge in [-0.05, 0) is 38.3 Å². The van der Waals surface area contributed by atoms with Gasteiger partial charge in [-0.3, -0.25) is 4.79 Å². The van der Waals surface area contributed by atoms with E-state index in [4.69, 9.17) is 0 Å². The number of benzene rings is 1. The number of allylic oxidation sites excluding steroid dienone is 2. The Morgan fingerprint density at radius 2 is 2.24 bits per heavy atom. The van der Waals surface area contributed by atoms with Gasteiger partial charge in [-0.15, -0.1) is 0 Å². The van der Waals surface area contributed by atoms with E-state index in [0.717, 1.165) is 42.7 Å². The lowest BCUT2D eigenvalue weighted by atomic mass is 9.94. The van der Waals surface area contributed by atoms with Gasteiger partial charge in [0.2, 0.25) is 5.91 Å². The van der Waals surface area contributed by atoms with Crippen molar-refractivity contribution in [2.45, 2.75) is 32.7 Å². The number of nitrogens with one attached hydrogen (secondary N) is 1. The summed E-state index contributed by atoms with van der Waals surface area (Å²) in [6, 6.07) is 8.11. The first-order chi connectivity index (χ1) is 10.3. The predicted molar refractivity (Wildman–Crippen MR) is 84.0 cm³/mol. The van der Waals surface area contributed by atoms with Gasteiger partial charge in [0.25, 0.3) is 0 Å². The maximum Gasteiger partial charge on any atom is 0.223 e. The van der Waals surface area contributed by atoms with Gasteiger partial charge in [-0.2, -0.15) is 0 Å². The summed E-state index contributed by atoms with van der Waals surface area (Å²) in [5, 5.41) is 3.06. The number of fused-ring (bicyclic) bond motifs is 1. The number of nitrogens with zero attached hydrogens (tertiary/aromatic N) is 2. The monoisotopic (exact) mass is 283 g/mol. The van der Waals surface area contributed by atoms with Crippen molar-refractivity contribution in [3.8, 4) is 0 Å². The number of rotatable bonds is 4. The third-order valence-corrected chi connectivity index (χ3v) is 4.12. The molecule has 0 bridgehead atoms. The normalized spacial score (nSPS) is 18.0. The molecule has 0 spiro atoms. The Bertz CT molecular complexity index is 672. The molecule has 0 aliphatic heterocycles. The SMILES string of the molecule is Cc1nc2ccccc2n1CCNC(=O)C1CC=CCC1. The second kappa shape index (κ2) is 6.12. The molecule has 1 amide bonds. The number of carbonyl (C=O) groups excluding carboxylic acids is 1. The summed E-state index contributed by atoms with van der Waals surface area (Å²) in [6.07, 6.45) is 7.13. The molecule has 1 aromatic carbocycles. The van der Waals surface area contributed by atoms with Crippen LogP contribution >= 0.6 is 0 Å². The third-order valence-electron chi connectivity index (χ3n) is 4.12. The van der Waals surface area contributed by atoms with Crippen LogP contribution in [0.4, 0.5) is 0 Å². The van der Waals surface area contributed by atoms with Crippen LogP contribution in [0, 0.1) is 12.8 Å². The highest BCUT2D eigenvalue weighted by molar-refractivity contribution is 5.79. The van der Waals surface area contributed by atoms with Crippen molar-refractivity contribution in [2.24, 2.45) is 5.92 Å². The lowest BCUT2D eigenvalue weighted by Gasteiger charge is -2.17. The van der Waals surface area contributed by atoms with Crippen molar-refractivity contribution in [3.63, 3.8) is 0 Å². The molecule has 1 aliphatic carbocycles. The van der Waals surface area contributed by atoms with Gasteiger partial charge in [0, 0.05) is 19.0 Å². The Labute approximate surface area is 124 Å². The summed E-state index contributed by atoms with van der Waals surface area (Å²) in [6.45, 7) is 3.43. The molecule has 2 aromatic rings. The van der Waals surface area contributed by atoms with Gasteiger partial charge in [0.15, 0.2) is 0 Å². The predicted octanol–water partition coefficient (Wildman–Crippen LogP) is 2.82. The minimum absolute atomic E-state index is 0.149. The largest absolute Gasteiger partial charge is 0.354 e. The van der Waals surface area contributed by atoms with E-state index in [1.807, 2.05) is 25.1 Å². The number of hydrogen-bond acceptors (Lipinski definition) is 2. The fourth-order valence-electron chi connectivity index (χ4n) is 2.95. The number of hydrogen-bond donors (Lipinski definition) is 1. The van der Waals surface area contributed by atoms with E-state index in [2.05, 4.69) is 33.1 Å². The van der Waals surface area contributed by atoms with Crippen molar-refractivity contribution < 1.29 is 4.79 Å². The lowest BCUT2D eigenvalue weighted by Crippen LogP contribution is -2.33. The minimum atomic E-state index is 0.149. The zero-order valence-corrected chi connectivity index (χ0v) is 12.4. The molecule has 1 atom stereocenters. The van der Waals surface area contributed by atoms with Crippen LogP contribution in [0.3, 0.4) is 0 Å². The van der Waals surface area contributed by atoms with E-state index >= 15 is 0 Å². The molecule has 1 aliphatic rings. The number of amides is 1. The molecule has 1 aromatic heterocycles. The molecule has 3 rings (SSSR count). The van der Waals surface area contributed by atoms with Crippen molar-refractivity contribution in [1.29, 1.82) is 0 Å². The first-order valence-corrected chi connectivity index (χ1v) is 7.60. The van der Waals surface area contributed by atoms with Crippen LogP contribution in [0.5, 0.6) is 0 Å².